The molecule has 0 bridgehead atoms. The first kappa shape index (κ1) is 39.3. The second-order valence-electron chi connectivity index (χ2n) is 16.9. The molecule has 1 aliphatic heterocycles. The Hall–Kier alpha value is -2.51. The van der Waals surface area contributed by atoms with Gasteiger partial charge in [-0.15, -0.1) is 0 Å². The summed E-state index contributed by atoms with van der Waals surface area (Å²) < 4.78 is 29.7. The van der Waals surface area contributed by atoms with Crippen molar-refractivity contribution < 1.29 is 53.4 Å². The van der Waals surface area contributed by atoms with Gasteiger partial charge in [0, 0.05) is 36.5 Å². The molecule has 12 nitrogen and oxygen atoms in total. The lowest BCUT2D eigenvalue weighted by atomic mass is 9.51. The average molecular weight is 694 g/mol. The molecular weight excluding hydrogens is 634 g/mol. The molecule has 3 fully saturated rings. The molecule has 0 aromatic carbocycles. The number of amides is 1. The maximum atomic E-state index is 13.6. The van der Waals surface area contributed by atoms with Crippen LogP contribution >= 0.6 is 0 Å². The molecule has 49 heavy (non-hydrogen) atoms. The molecule has 10 atom stereocenters. The van der Waals surface area contributed by atoms with Crippen molar-refractivity contribution in [2.75, 3.05) is 6.61 Å². The largest absolute Gasteiger partial charge is 0.456 e. The van der Waals surface area contributed by atoms with Gasteiger partial charge in [0.05, 0.1) is 24.4 Å². The Morgan fingerprint density at radius 2 is 1.80 bits per heavy atom. The van der Waals surface area contributed by atoms with Gasteiger partial charge < -0.3 is 44.3 Å². The first-order valence-corrected chi connectivity index (χ1v) is 17.6. The van der Waals surface area contributed by atoms with Crippen LogP contribution in [0, 0.1) is 22.7 Å². The van der Waals surface area contributed by atoms with Crippen molar-refractivity contribution in [1.82, 2.24) is 5.32 Å². The molecule has 278 valence electrons. The number of nitrogens with one attached hydrogen (secondary N) is 1. The summed E-state index contributed by atoms with van der Waals surface area (Å²) in [6.45, 7) is 21.7. The van der Waals surface area contributed by atoms with Crippen LogP contribution in [-0.4, -0.2) is 93.5 Å². The van der Waals surface area contributed by atoms with Crippen LogP contribution in [0.1, 0.15) is 108 Å². The van der Waals surface area contributed by atoms with E-state index in [1.54, 1.807) is 34.6 Å². The monoisotopic (exact) mass is 693 g/mol. The van der Waals surface area contributed by atoms with Crippen molar-refractivity contribution in [3.05, 3.63) is 23.8 Å². The van der Waals surface area contributed by atoms with Gasteiger partial charge in [0.1, 0.15) is 17.8 Å². The molecule has 0 radical (unpaired) electrons. The minimum atomic E-state index is -1.66. The Morgan fingerprint density at radius 1 is 1.14 bits per heavy atom. The Labute approximate surface area is 290 Å². The van der Waals surface area contributed by atoms with Crippen molar-refractivity contribution in [2.45, 2.75) is 161 Å². The minimum Gasteiger partial charge on any atom is -0.456 e. The van der Waals surface area contributed by atoms with E-state index in [2.05, 4.69) is 18.8 Å². The number of hydrogen-bond donors (Lipinski definition) is 4. The van der Waals surface area contributed by atoms with Crippen LogP contribution in [0.25, 0.3) is 0 Å². The SMILES string of the molecule is C=CC(O)O[C@H]1CC2OC[C@@]2(OC(C)=O)C2C[C@]3(C(C)(C)O)CC(OC(=O)C(O)[C@H](CC(C)C)NC(=O)OC(C)(C)C)C(C)=C3CC[C@@]21C. The number of alkyl carbamates (subject to hydrolysis) is 1. The van der Waals surface area contributed by atoms with E-state index in [1.807, 2.05) is 20.8 Å². The molecule has 1 amide bonds. The van der Waals surface area contributed by atoms with Gasteiger partial charge in [-0.2, -0.15) is 0 Å². The average Bonchev–Trinajstić information content (AvgIpc) is 3.13. The van der Waals surface area contributed by atoms with Crippen molar-refractivity contribution in [1.29, 1.82) is 0 Å². The Balaban J connectivity index is 1.69. The lowest BCUT2D eigenvalue weighted by Gasteiger charge is -2.64. The summed E-state index contributed by atoms with van der Waals surface area (Å²) in [5.41, 5.74) is -2.81. The van der Waals surface area contributed by atoms with Crippen LogP contribution in [0.3, 0.4) is 0 Å². The molecule has 3 aliphatic carbocycles. The zero-order chi connectivity index (χ0) is 36.9. The highest BCUT2D eigenvalue weighted by Gasteiger charge is 2.71. The van der Waals surface area contributed by atoms with E-state index >= 15 is 0 Å². The zero-order valence-corrected chi connectivity index (χ0v) is 31.0. The van der Waals surface area contributed by atoms with Gasteiger partial charge in [-0.25, -0.2) is 9.59 Å². The lowest BCUT2D eigenvalue weighted by molar-refractivity contribution is -0.337. The Kier molecular flexibility index (Phi) is 11.1. The third-order valence-electron chi connectivity index (χ3n) is 11.5. The highest BCUT2D eigenvalue weighted by atomic mass is 16.6. The van der Waals surface area contributed by atoms with E-state index in [4.69, 9.17) is 23.7 Å². The van der Waals surface area contributed by atoms with Crippen LogP contribution in [0.2, 0.25) is 0 Å². The highest BCUT2D eigenvalue weighted by Crippen LogP contribution is 2.67. The van der Waals surface area contributed by atoms with Gasteiger partial charge in [0.15, 0.2) is 18.0 Å². The number of ether oxygens (including phenoxy) is 5. The Morgan fingerprint density at radius 3 is 2.31 bits per heavy atom. The third kappa shape index (κ3) is 7.59. The van der Waals surface area contributed by atoms with Gasteiger partial charge in [-0.05, 0) is 84.8 Å². The second kappa shape index (κ2) is 13.9. The molecule has 4 aliphatic rings. The van der Waals surface area contributed by atoms with E-state index < -0.39 is 82.4 Å². The zero-order valence-electron chi connectivity index (χ0n) is 31.0. The molecule has 4 rings (SSSR count). The number of carbonyl (C=O) groups is 3. The molecule has 12 heteroatoms. The van der Waals surface area contributed by atoms with Gasteiger partial charge in [-0.1, -0.05) is 32.9 Å². The summed E-state index contributed by atoms with van der Waals surface area (Å²) in [5, 5.41) is 36.4. The Bertz CT molecular complexity index is 1310. The molecule has 1 heterocycles. The molecule has 0 aromatic heterocycles. The first-order valence-electron chi connectivity index (χ1n) is 17.6. The quantitative estimate of drug-likeness (QED) is 0.104. The standard InChI is InChI=1S/C37H59NO11/c1-12-29(40)47-27-16-28-37(19-45-28,48-22(5)39)26-18-36(34(9,10)44)17-25(21(4)23(36)13-14-35(26,27)11)46-31(42)30(41)24(15-20(2)3)38-32(43)49-33(6,7)8/h12,20,24-30,40-41,44H,1,13-19H2,2-11H3,(H,38,43)/t24-,25?,26?,27-,28?,29?,30?,35-,36+,37+/m0/s1. The highest BCUT2D eigenvalue weighted by molar-refractivity contribution is 5.77. The predicted octanol–water partition coefficient (Wildman–Crippen LogP) is 4.48. The van der Waals surface area contributed by atoms with E-state index in [0.29, 0.717) is 32.1 Å². The van der Waals surface area contributed by atoms with Crippen LogP contribution < -0.4 is 5.32 Å². The van der Waals surface area contributed by atoms with Crippen LogP contribution in [-0.2, 0) is 33.3 Å². The van der Waals surface area contributed by atoms with Crippen molar-refractivity contribution in [3.63, 3.8) is 0 Å². The van der Waals surface area contributed by atoms with Gasteiger partial charge in [-0.3, -0.25) is 4.79 Å². The van der Waals surface area contributed by atoms with E-state index in [0.717, 1.165) is 11.1 Å². The molecular formula is C37H59NO11. The molecule has 0 aromatic rings. The first-order chi connectivity index (χ1) is 22.5. The molecule has 1 saturated heterocycles. The fraction of sp³-hybridized carbons (Fsp3) is 0.811. The van der Waals surface area contributed by atoms with Crippen molar-refractivity contribution >= 4 is 18.0 Å². The van der Waals surface area contributed by atoms with Gasteiger partial charge in [0.2, 0.25) is 0 Å². The van der Waals surface area contributed by atoms with Crippen LogP contribution in [0.5, 0.6) is 0 Å². The maximum Gasteiger partial charge on any atom is 0.407 e. The number of aliphatic hydroxyl groups excluding tert-OH is 2. The fourth-order valence-electron chi connectivity index (χ4n) is 8.97. The number of aliphatic hydroxyl groups is 3. The minimum absolute atomic E-state index is 0.0388. The molecule has 5 unspecified atom stereocenters. The van der Waals surface area contributed by atoms with E-state index in [-0.39, 0.29) is 24.9 Å². The molecule has 2 saturated carbocycles. The summed E-state index contributed by atoms with van der Waals surface area (Å²) in [6, 6.07) is -0.949. The molecule has 0 spiro atoms. The van der Waals surface area contributed by atoms with Crippen molar-refractivity contribution in [3.8, 4) is 0 Å². The smallest absolute Gasteiger partial charge is 0.407 e. The number of hydrogen-bond acceptors (Lipinski definition) is 11. The van der Waals surface area contributed by atoms with Gasteiger partial charge in [0.25, 0.3) is 0 Å². The normalized spacial score (nSPS) is 34.7. The fourth-order valence-corrected chi connectivity index (χ4v) is 8.97. The lowest BCUT2D eigenvalue weighted by Crippen LogP contribution is -2.74. The van der Waals surface area contributed by atoms with E-state index in [1.165, 1.54) is 13.0 Å². The summed E-state index contributed by atoms with van der Waals surface area (Å²) in [7, 11) is 0. The van der Waals surface area contributed by atoms with Crippen LogP contribution in [0.4, 0.5) is 4.79 Å². The second-order valence-corrected chi connectivity index (χ2v) is 16.9. The third-order valence-corrected chi connectivity index (χ3v) is 11.5. The van der Waals surface area contributed by atoms with E-state index in [9.17, 15) is 29.7 Å². The number of esters is 2. The summed E-state index contributed by atoms with van der Waals surface area (Å²) in [4.78, 5) is 38.8. The number of fused-ring (bicyclic) bond motifs is 4. The topological polar surface area (TPSA) is 170 Å². The van der Waals surface area contributed by atoms with Crippen LogP contribution in [0.15, 0.2) is 23.8 Å². The summed E-state index contributed by atoms with van der Waals surface area (Å²) in [6.07, 6.45) is -1.55. The molecule has 4 N–H and O–H groups in total. The number of rotatable bonds is 11. The summed E-state index contributed by atoms with van der Waals surface area (Å²) in [5.74, 6) is -1.63. The number of carbonyl (C=O) groups excluding carboxylic acids is 3. The van der Waals surface area contributed by atoms with Crippen molar-refractivity contribution in [2.24, 2.45) is 22.7 Å². The predicted molar refractivity (Wildman–Crippen MR) is 180 cm³/mol. The maximum absolute atomic E-state index is 13.6. The summed E-state index contributed by atoms with van der Waals surface area (Å²) >= 11 is 0. The van der Waals surface area contributed by atoms with Gasteiger partial charge >= 0.3 is 18.0 Å².